The molecule has 0 fully saturated rings. The number of aromatic nitrogens is 2. The Bertz CT molecular complexity index is 881. The van der Waals surface area contributed by atoms with Gasteiger partial charge in [-0.2, -0.15) is 0 Å². The molecule has 10 nitrogen and oxygen atoms in total. The topological polar surface area (TPSA) is 153 Å². The number of imidazole rings is 1. The van der Waals surface area contributed by atoms with E-state index in [-0.39, 0.29) is 36.4 Å². The summed E-state index contributed by atoms with van der Waals surface area (Å²) in [6.45, 7) is 2.41. The molecule has 5 N–H and O–H groups in total. The number of rotatable bonds is 11. The molecule has 160 valence electrons. The van der Waals surface area contributed by atoms with E-state index in [9.17, 15) is 24.3 Å². The van der Waals surface area contributed by atoms with E-state index in [1.54, 1.807) is 18.2 Å². The van der Waals surface area contributed by atoms with Crippen molar-refractivity contribution in [1.29, 1.82) is 0 Å². The maximum atomic E-state index is 12.4. The second-order valence-electron chi connectivity index (χ2n) is 6.55. The lowest BCUT2D eigenvalue weighted by Crippen LogP contribution is -2.43. The number of carboxylic acid groups (broad SMARTS) is 1. The van der Waals surface area contributed by atoms with Crippen LogP contribution in [-0.2, 0) is 16.0 Å². The summed E-state index contributed by atoms with van der Waals surface area (Å²) in [5.41, 5.74) is 1.03. The van der Waals surface area contributed by atoms with Gasteiger partial charge in [0.25, 0.3) is 11.8 Å². The van der Waals surface area contributed by atoms with Gasteiger partial charge in [0, 0.05) is 37.8 Å². The zero-order valence-corrected chi connectivity index (χ0v) is 16.6. The van der Waals surface area contributed by atoms with Crippen molar-refractivity contribution in [1.82, 2.24) is 25.9 Å². The number of H-pyrrole nitrogens is 1. The molecule has 1 heterocycles. The average molecular weight is 415 g/mol. The van der Waals surface area contributed by atoms with Crippen LogP contribution in [0.2, 0.25) is 0 Å². The summed E-state index contributed by atoms with van der Waals surface area (Å²) < 4.78 is 0. The fraction of sp³-hybridized carbons (Fsp3) is 0.350. The summed E-state index contributed by atoms with van der Waals surface area (Å²) in [5.74, 6) is -2.52. The molecule has 0 unspecified atom stereocenters. The Morgan fingerprint density at radius 1 is 1.07 bits per heavy atom. The minimum atomic E-state index is -1.17. The lowest BCUT2D eigenvalue weighted by atomic mass is 10.1. The Balaban J connectivity index is 1.87. The number of aromatic amines is 1. The molecule has 3 amide bonds. The summed E-state index contributed by atoms with van der Waals surface area (Å²) in [7, 11) is 0. The van der Waals surface area contributed by atoms with Gasteiger partial charge in [0.2, 0.25) is 5.91 Å². The summed E-state index contributed by atoms with van der Waals surface area (Å²) in [6.07, 6.45) is 3.63. The average Bonchev–Trinajstić information content (AvgIpc) is 3.24. The number of nitrogens with one attached hydrogen (secondary N) is 4. The third-order valence-electron chi connectivity index (χ3n) is 4.20. The zero-order chi connectivity index (χ0) is 21.9. The predicted molar refractivity (Wildman–Crippen MR) is 108 cm³/mol. The third-order valence-corrected chi connectivity index (χ3v) is 4.20. The number of carbonyl (C=O) groups is 4. The van der Waals surface area contributed by atoms with Crippen LogP contribution in [0.4, 0.5) is 0 Å². The van der Waals surface area contributed by atoms with Crippen molar-refractivity contribution in [2.45, 2.75) is 32.2 Å². The van der Waals surface area contributed by atoms with Crippen LogP contribution >= 0.6 is 0 Å². The first-order chi connectivity index (χ1) is 14.4. The van der Waals surface area contributed by atoms with Crippen LogP contribution < -0.4 is 16.0 Å². The van der Waals surface area contributed by atoms with E-state index in [2.05, 4.69) is 25.9 Å². The highest BCUT2D eigenvalue weighted by molar-refractivity contribution is 6.07. The second-order valence-corrected chi connectivity index (χ2v) is 6.55. The molecule has 0 saturated carbocycles. The first-order valence-electron chi connectivity index (χ1n) is 9.57. The van der Waals surface area contributed by atoms with E-state index >= 15 is 0 Å². The van der Waals surface area contributed by atoms with Crippen molar-refractivity contribution in [3.63, 3.8) is 0 Å². The smallest absolute Gasteiger partial charge is 0.326 e. The van der Waals surface area contributed by atoms with Gasteiger partial charge in [-0.25, -0.2) is 9.78 Å². The van der Waals surface area contributed by atoms with Gasteiger partial charge in [-0.1, -0.05) is 19.1 Å². The SMILES string of the molecule is CCCNC(=O)c1ccccc1C(=O)NCCC(=O)N[C@@H](Cc1cnc[nH]1)C(=O)O. The van der Waals surface area contributed by atoms with Crippen molar-refractivity contribution in [2.24, 2.45) is 0 Å². The summed E-state index contributed by atoms with van der Waals surface area (Å²) in [6, 6.07) is 5.28. The van der Waals surface area contributed by atoms with Gasteiger partial charge < -0.3 is 26.0 Å². The van der Waals surface area contributed by atoms with E-state index in [1.165, 1.54) is 18.6 Å². The number of hydrogen-bond donors (Lipinski definition) is 5. The lowest BCUT2D eigenvalue weighted by molar-refractivity contribution is -0.141. The molecule has 2 rings (SSSR count). The first-order valence-corrected chi connectivity index (χ1v) is 9.57. The number of hydrogen-bond acceptors (Lipinski definition) is 5. The molecule has 0 radical (unpaired) electrons. The Labute approximate surface area is 173 Å². The molecule has 0 spiro atoms. The van der Waals surface area contributed by atoms with Crippen molar-refractivity contribution in [2.75, 3.05) is 13.1 Å². The fourth-order valence-corrected chi connectivity index (χ4v) is 2.68. The van der Waals surface area contributed by atoms with Crippen LogP contribution in [0.25, 0.3) is 0 Å². The molecule has 1 aromatic carbocycles. The van der Waals surface area contributed by atoms with Gasteiger partial charge in [-0.3, -0.25) is 14.4 Å². The molecule has 0 saturated heterocycles. The Morgan fingerprint density at radius 2 is 1.70 bits per heavy atom. The Kier molecular flexibility index (Phi) is 8.55. The molecular weight excluding hydrogens is 390 g/mol. The first kappa shape index (κ1) is 22.6. The second kappa shape index (κ2) is 11.3. The summed E-state index contributed by atoms with van der Waals surface area (Å²) >= 11 is 0. The highest BCUT2D eigenvalue weighted by atomic mass is 16.4. The van der Waals surface area contributed by atoms with E-state index in [0.29, 0.717) is 12.2 Å². The molecule has 0 aliphatic heterocycles. The predicted octanol–water partition coefficient (Wildman–Crippen LogP) is 0.482. The largest absolute Gasteiger partial charge is 0.480 e. The molecule has 0 aliphatic rings. The Morgan fingerprint density at radius 3 is 2.23 bits per heavy atom. The normalized spacial score (nSPS) is 11.4. The number of amides is 3. The highest BCUT2D eigenvalue weighted by Crippen LogP contribution is 2.09. The zero-order valence-electron chi connectivity index (χ0n) is 16.6. The number of nitrogens with zero attached hydrogens (tertiary/aromatic N) is 1. The van der Waals surface area contributed by atoms with Gasteiger partial charge in [-0.15, -0.1) is 0 Å². The number of carbonyl (C=O) groups excluding carboxylic acids is 3. The number of benzene rings is 1. The standard InChI is InChI=1S/C20H25N5O5/c1-2-8-22-18(27)14-5-3-4-6-15(14)19(28)23-9-7-17(26)25-16(20(29)30)10-13-11-21-12-24-13/h3-6,11-12,16H,2,7-10H2,1H3,(H,21,24)(H,22,27)(H,23,28)(H,25,26)(H,29,30)/t16-/m0/s1. The minimum absolute atomic E-state index is 0.00796. The summed E-state index contributed by atoms with van der Waals surface area (Å²) in [4.78, 5) is 54.7. The maximum Gasteiger partial charge on any atom is 0.326 e. The van der Waals surface area contributed by atoms with Gasteiger partial charge in [0.05, 0.1) is 17.5 Å². The quantitative estimate of drug-likeness (QED) is 0.360. The molecular formula is C20H25N5O5. The molecule has 30 heavy (non-hydrogen) atoms. The molecule has 0 aliphatic carbocycles. The number of carboxylic acids is 1. The van der Waals surface area contributed by atoms with Crippen LogP contribution in [0.15, 0.2) is 36.8 Å². The Hall–Kier alpha value is -3.69. The lowest BCUT2D eigenvalue weighted by Gasteiger charge is -2.14. The minimum Gasteiger partial charge on any atom is -0.480 e. The van der Waals surface area contributed by atoms with Crippen LogP contribution in [-0.4, -0.2) is 57.9 Å². The van der Waals surface area contributed by atoms with E-state index in [4.69, 9.17) is 0 Å². The van der Waals surface area contributed by atoms with E-state index in [1.807, 2.05) is 6.92 Å². The molecule has 1 aromatic heterocycles. The molecule has 2 aromatic rings. The monoisotopic (exact) mass is 415 g/mol. The molecule has 10 heteroatoms. The van der Waals surface area contributed by atoms with Crippen LogP contribution in [0.5, 0.6) is 0 Å². The highest BCUT2D eigenvalue weighted by Gasteiger charge is 2.21. The molecule has 1 atom stereocenters. The fourth-order valence-electron chi connectivity index (χ4n) is 2.68. The van der Waals surface area contributed by atoms with Crippen molar-refractivity contribution >= 4 is 23.7 Å². The maximum absolute atomic E-state index is 12.4. The van der Waals surface area contributed by atoms with Crippen molar-refractivity contribution in [3.05, 3.63) is 53.6 Å². The van der Waals surface area contributed by atoms with Crippen molar-refractivity contribution < 1.29 is 24.3 Å². The van der Waals surface area contributed by atoms with Gasteiger partial charge >= 0.3 is 5.97 Å². The van der Waals surface area contributed by atoms with Gasteiger partial charge in [0.1, 0.15) is 6.04 Å². The van der Waals surface area contributed by atoms with Gasteiger partial charge in [-0.05, 0) is 18.6 Å². The third kappa shape index (κ3) is 6.73. The summed E-state index contributed by atoms with van der Waals surface area (Å²) in [5, 5.41) is 17.0. The van der Waals surface area contributed by atoms with E-state index in [0.717, 1.165) is 6.42 Å². The van der Waals surface area contributed by atoms with Crippen LogP contribution in [0.3, 0.4) is 0 Å². The van der Waals surface area contributed by atoms with Crippen molar-refractivity contribution in [3.8, 4) is 0 Å². The van der Waals surface area contributed by atoms with Crippen LogP contribution in [0.1, 0.15) is 46.2 Å². The molecule has 0 bridgehead atoms. The number of aliphatic carboxylic acids is 1. The van der Waals surface area contributed by atoms with Gasteiger partial charge in [0.15, 0.2) is 0 Å². The van der Waals surface area contributed by atoms with E-state index < -0.39 is 23.8 Å². The van der Waals surface area contributed by atoms with Crippen LogP contribution in [0, 0.1) is 0 Å².